The molecule has 0 spiro atoms. The molecule has 0 aromatic carbocycles. The number of aryl methyl sites for hydroxylation is 1. The van der Waals surface area contributed by atoms with Crippen LogP contribution in [0.15, 0.2) is 6.33 Å². The van der Waals surface area contributed by atoms with Gasteiger partial charge in [-0.3, -0.25) is 0 Å². The fraction of sp³-hybridized carbons (Fsp3) is 0.636. The van der Waals surface area contributed by atoms with E-state index in [0.29, 0.717) is 25.1 Å². The van der Waals surface area contributed by atoms with E-state index in [2.05, 4.69) is 14.7 Å². The molecule has 1 N–H and O–H groups in total. The molecule has 0 saturated carbocycles. The number of hydrogen-bond acceptors (Lipinski definition) is 5. The predicted molar refractivity (Wildman–Crippen MR) is 70.0 cm³/mol. The molecule has 106 valence electrons. The van der Waals surface area contributed by atoms with Gasteiger partial charge in [0.05, 0.1) is 10.9 Å². The van der Waals surface area contributed by atoms with Crippen LogP contribution in [0.25, 0.3) is 0 Å². The second-order valence-corrected chi connectivity index (χ2v) is 6.58. The molecule has 0 aliphatic carbocycles. The standard InChI is InChI=1S/C11H17FN4O2S/c1-3-9-10(12)11(15-7-14-9)16-5-4-8(6-16)19(17,18)13-2/h7-8,13H,3-6H2,1-2H3. The first-order valence-electron chi connectivity index (χ1n) is 6.16. The minimum Gasteiger partial charge on any atom is -0.353 e. The summed E-state index contributed by atoms with van der Waals surface area (Å²) in [6, 6.07) is 0. The number of anilines is 1. The fourth-order valence-electron chi connectivity index (χ4n) is 2.20. The third kappa shape index (κ3) is 2.69. The van der Waals surface area contributed by atoms with Crippen molar-refractivity contribution in [2.75, 3.05) is 25.0 Å². The third-order valence-electron chi connectivity index (χ3n) is 3.35. The van der Waals surface area contributed by atoms with Crippen LogP contribution in [0.1, 0.15) is 19.0 Å². The lowest BCUT2D eigenvalue weighted by Gasteiger charge is -2.18. The molecule has 6 nitrogen and oxygen atoms in total. The Hall–Kier alpha value is -1.28. The summed E-state index contributed by atoms with van der Waals surface area (Å²) in [4.78, 5) is 9.47. The SMILES string of the molecule is CCc1ncnc(N2CCC(S(=O)(=O)NC)C2)c1F. The number of nitrogens with zero attached hydrogens (tertiary/aromatic N) is 3. The van der Waals surface area contributed by atoms with Crippen molar-refractivity contribution < 1.29 is 12.8 Å². The lowest BCUT2D eigenvalue weighted by atomic mass is 10.3. The summed E-state index contributed by atoms with van der Waals surface area (Å²) in [7, 11) is -1.94. The quantitative estimate of drug-likeness (QED) is 0.863. The average molecular weight is 288 g/mol. The second-order valence-electron chi connectivity index (χ2n) is 4.42. The van der Waals surface area contributed by atoms with Gasteiger partial charge in [-0.25, -0.2) is 27.5 Å². The third-order valence-corrected chi connectivity index (χ3v) is 5.18. The first kappa shape index (κ1) is 14.1. The molecule has 1 aliphatic heterocycles. The van der Waals surface area contributed by atoms with Crippen LogP contribution < -0.4 is 9.62 Å². The van der Waals surface area contributed by atoms with E-state index in [1.165, 1.54) is 13.4 Å². The van der Waals surface area contributed by atoms with Crippen molar-refractivity contribution in [3.05, 3.63) is 17.8 Å². The van der Waals surface area contributed by atoms with Gasteiger partial charge in [0.1, 0.15) is 6.33 Å². The zero-order valence-electron chi connectivity index (χ0n) is 10.9. The van der Waals surface area contributed by atoms with E-state index >= 15 is 0 Å². The molecule has 0 bridgehead atoms. The van der Waals surface area contributed by atoms with Crippen molar-refractivity contribution >= 4 is 15.8 Å². The van der Waals surface area contributed by atoms with Crippen molar-refractivity contribution in [3.8, 4) is 0 Å². The summed E-state index contributed by atoms with van der Waals surface area (Å²) in [5.74, 6) is -0.256. The summed E-state index contributed by atoms with van der Waals surface area (Å²) < 4.78 is 39.9. The maximum absolute atomic E-state index is 14.1. The summed E-state index contributed by atoms with van der Waals surface area (Å²) in [6.45, 7) is 2.54. The van der Waals surface area contributed by atoms with Gasteiger partial charge in [-0.1, -0.05) is 6.92 Å². The smallest absolute Gasteiger partial charge is 0.216 e. The zero-order chi connectivity index (χ0) is 14.0. The number of rotatable bonds is 4. The number of sulfonamides is 1. The molecule has 0 amide bonds. The molecule has 19 heavy (non-hydrogen) atoms. The Kier molecular flexibility index (Phi) is 4.00. The molecule has 1 aromatic rings. The zero-order valence-corrected chi connectivity index (χ0v) is 11.7. The van der Waals surface area contributed by atoms with Gasteiger partial charge in [0.25, 0.3) is 0 Å². The molecule has 1 aliphatic rings. The highest BCUT2D eigenvalue weighted by Crippen LogP contribution is 2.25. The molecular formula is C11H17FN4O2S. The van der Waals surface area contributed by atoms with E-state index in [0.717, 1.165) is 0 Å². The van der Waals surface area contributed by atoms with Crippen LogP contribution in [0, 0.1) is 5.82 Å². The largest absolute Gasteiger partial charge is 0.353 e. The second kappa shape index (κ2) is 5.38. The lowest BCUT2D eigenvalue weighted by Crippen LogP contribution is -2.34. The summed E-state index contributed by atoms with van der Waals surface area (Å²) in [5, 5.41) is -0.531. The topological polar surface area (TPSA) is 75.2 Å². The summed E-state index contributed by atoms with van der Waals surface area (Å²) in [5.41, 5.74) is 0.352. The van der Waals surface area contributed by atoms with Crippen LogP contribution >= 0.6 is 0 Å². The Morgan fingerprint density at radius 1 is 1.53 bits per heavy atom. The van der Waals surface area contributed by atoms with Gasteiger partial charge in [-0.15, -0.1) is 0 Å². The highest BCUT2D eigenvalue weighted by atomic mass is 32.2. The Labute approximate surface area is 112 Å². The van der Waals surface area contributed by atoms with Crippen LogP contribution in [0.5, 0.6) is 0 Å². The van der Waals surface area contributed by atoms with Gasteiger partial charge >= 0.3 is 0 Å². The fourth-order valence-corrected chi connectivity index (χ4v) is 3.33. The first-order chi connectivity index (χ1) is 8.99. The van der Waals surface area contributed by atoms with E-state index in [1.54, 1.807) is 4.90 Å². The van der Waals surface area contributed by atoms with Gasteiger partial charge in [-0.2, -0.15) is 0 Å². The number of aromatic nitrogens is 2. The number of halogens is 1. The van der Waals surface area contributed by atoms with Crippen molar-refractivity contribution in [1.29, 1.82) is 0 Å². The van der Waals surface area contributed by atoms with E-state index in [-0.39, 0.29) is 12.4 Å². The maximum Gasteiger partial charge on any atom is 0.216 e. The van der Waals surface area contributed by atoms with Gasteiger partial charge in [-0.05, 0) is 19.9 Å². The number of hydrogen-bond donors (Lipinski definition) is 1. The normalized spacial score (nSPS) is 19.9. The Bertz CT molecular complexity index is 564. The first-order valence-corrected chi connectivity index (χ1v) is 7.71. The van der Waals surface area contributed by atoms with E-state index in [9.17, 15) is 12.8 Å². The minimum absolute atomic E-state index is 0.195. The van der Waals surface area contributed by atoms with Crippen LogP contribution in [-0.2, 0) is 16.4 Å². The monoisotopic (exact) mass is 288 g/mol. The highest BCUT2D eigenvalue weighted by Gasteiger charge is 2.34. The summed E-state index contributed by atoms with van der Waals surface area (Å²) >= 11 is 0. The van der Waals surface area contributed by atoms with Crippen LogP contribution in [0.2, 0.25) is 0 Å². The Balaban J connectivity index is 2.22. The molecule has 0 radical (unpaired) electrons. The molecule has 8 heteroatoms. The van der Waals surface area contributed by atoms with Crippen LogP contribution in [0.3, 0.4) is 0 Å². The summed E-state index contributed by atoms with van der Waals surface area (Å²) in [6.07, 6.45) is 2.26. The van der Waals surface area contributed by atoms with Gasteiger partial charge in [0, 0.05) is 13.1 Å². The molecule has 1 saturated heterocycles. The Morgan fingerprint density at radius 3 is 2.89 bits per heavy atom. The molecule has 2 rings (SSSR count). The van der Waals surface area contributed by atoms with Crippen molar-refractivity contribution in [1.82, 2.24) is 14.7 Å². The van der Waals surface area contributed by atoms with Crippen LogP contribution in [-0.4, -0.2) is 43.8 Å². The Morgan fingerprint density at radius 2 is 2.26 bits per heavy atom. The number of nitrogens with one attached hydrogen (secondary N) is 1. The molecular weight excluding hydrogens is 271 g/mol. The van der Waals surface area contributed by atoms with Gasteiger partial charge in [0.15, 0.2) is 11.6 Å². The lowest BCUT2D eigenvalue weighted by molar-refractivity contribution is 0.574. The van der Waals surface area contributed by atoms with Gasteiger partial charge in [0.2, 0.25) is 10.0 Å². The maximum atomic E-state index is 14.1. The minimum atomic E-state index is -3.32. The van der Waals surface area contributed by atoms with Gasteiger partial charge < -0.3 is 4.90 Å². The van der Waals surface area contributed by atoms with Crippen LogP contribution in [0.4, 0.5) is 10.2 Å². The average Bonchev–Trinajstić information content (AvgIpc) is 2.89. The van der Waals surface area contributed by atoms with Crippen molar-refractivity contribution in [2.45, 2.75) is 25.0 Å². The van der Waals surface area contributed by atoms with Crippen molar-refractivity contribution in [2.24, 2.45) is 0 Å². The molecule has 1 atom stereocenters. The van der Waals surface area contributed by atoms with Crippen molar-refractivity contribution in [3.63, 3.8) is 0 Å². The van der Waals surface area contributed by atoms with E-state index in [4.69, 9.17) is 0 Å². The van der Waals surface area contributed by atoms with E-state index in [1.807, 2.05) is 6.92 Å². The molecule has 1 unspecified atom stereocenters. The molecule has 2 heterocycles. The molecule has 1 aromatic heterocycles. The molecule has 1 fully saturated rings. The predicted octanol–water partition coefficient (Wildman–Crippen LogP) is 0.306. The van der Waals surface area contributed by atoms with E-state index < -0.39 is 21.1 Å². The highest BCUT2D eigenvalue weighted by molar-refractivity contribution is 7.90.